The lowest BCUT2D eigenvalue weighted by molar-refractivity contribution is -0.145. The van der Waals surface area contributed by atoms with Crippen LogP contribution in [0.5, 0.6) is 11.6 Å². The predicted molar refractivity (Wildman–Crippen MR) is 237 cm³/mol. The number of fused-ring (bicyclic) bond motifs is 6. The molecule has 0 amide bonds. The molecule has 2 fully saturated rings. The van der Waals surface area contributed by atoms with Gasteiger partial charge >= 0.3 is 5.97 Å². The molecule has 0 saturated carbocycles. The molecule has 4 aliphatic rings. The first kappa shape index (κ1) is 42.2. The number of hydrogen-bond acceptors (Lipinski definition) is 12. The van der Waals surface area contributed by atoms with Crippen molar-refractivity contribution in [3.8, 4) is 33.2 Å². The van der Waals surface area contributed by atoms with Gasteiger partial charge in [-0.2, -0.15) is 0 Å². The first-order valence-electron chi connectivity index (χ1n) is 21.2. The Morgan fingerprint density at radius 3 is 2.58 bits per heavy atom. The minimum Gasteiger partial charge on any atom is -0.487 e. The number of thiophene rings is 1. The van der Waals surface area contributed by atoms with E-state index in [2.05, 4.69) is 48.8 Å². The molecule has 4 bridgehead atoms. The minimum atomic E-state index is -1.35. The first-order chi connectivity index (χ1) is 30.2. The van der Waals surface area contributed by atoms with Crippen molar-refractivity contribution >= 4 is 39.1 Å². The Labute approximate surface area is 369 Å². The standard InChI is InChI=1S/C47H49ClFN7O5S/c1-29-36-12-9-32(42(29)48)26-56(21-20-55-18-16-54(2)17-19-55)25-30-6-13-37(60-27-35-14-15-50-44(53-35)38-5-3-4-22-59-38)33(23-30)24-39(47(57)58)61-45-41-40(36)43(62-46(41)52-28-51-45)31-7-10-34(49)11-8-31/h6-15,23,28,38-39H,3-5,16-22,24-27H2,1-2H3,(H,57,58)/t38-,39+/m0/s1. The molecule has 6 aromatic rings. The SMILES string of the molecule is Cc1c2ccc(c1Cl)CN(CCN1CCN(C)CC1)Cc1ccc(OCc3ccnc([C@@H]4CCCCO4)n3)c(c1)C[C@H](C(=O)O)Oc1ncnc3sc(-c4ccc(F)cc4)c-2c13. The zero-order valence-electron chi connectivity index (χ0n) is 34.9. The second-order valence-electron chi connectivity index (χ2n) is 16.4. The first-order valence-corrected chi connectivity index (χ1v) is 22.4. The summed E-state index contributed by atoms with van der Waals surface area (Å²) in [6, 6.07) is 18.3. The maximum Gasteiger partial charge on any atom is 0.345 e. The zero-order valence-corrected chi connectivity index (χ0v) is 36.4. The molecule has 15 heteroatoms. The number of carbonyl (C=O) groups is 1. The number of piperazine rings is 1. The van der Waals surface area contributed by atoms with Crippen LogP contribution in [-0.2, 0) is 35.6 Å². The van der Waals surface area contributed by atoms with Gasteiger partial charge < -0.3 is 24.2 Å². The van der Waals surface area contributed by atoms with Crippen LogP contribution in [0.4, 0.5) is 4.39 Å². The van der Waals surface area contributed by atoms with E-state index >= 15 is 0 Å². The summed E-state index contributed by atoms with van der Waals surface area (Å²) in [4.78, 5) is 40.4. The molecule has 4 aliphatic heterocycles. The molecule has 0 unspecified atom stereocenters. The summed E-state index contributed by atoms with van der Waals surface area (Å²) in [5.41, 5.74) is 6.56. The van der Waals surface area contributed by atoms with Crippen molar-refractivity contribution < 1.29 is 28.5 Å². The highest BCUT2D eigenvalue weighted by molar-refractivity contribution is 7.22. The number of aliphatic carboxylic acids is 1. The molecule has 2 saturated heterocycles. The van der Waals surface area contributed by atoms with Crippen LogP contribution < -0.4 is 9.47 Å². The van der Waals surface area contributed by atoms with E-state index in [0.717, 1.165) is 96.8 Å². The second kappa shape index (κ2) is 18.7. The normalized spacial score (nSPS) is 19.1. The maximum absolute atomic E-state index is 14.2. The number of ether oxygens (including phenoxy) is 3. The molecule has 62 heavy (non-hydrogen) atoms. The average Bonchev–Trinajstić information content (AvgIpc) is 3.67. The quantitative estimate of drug-likeness (QED) is 0.150. The van der Waals surface area contributed by atoms with Crippen molar-refractivity contribution in [1.82, 2.24) is 34.6 Å². The number of benzene rings is 3. The van der Waals surface area contributed by atoms with E-state index in [0.29, 0.717) is 57.8 Å². The predicted octanol–water partition coefficient (Wildman–Crippen LogP) is 8.37. The molecule has 2 atom stereocenters. The van der Waals surface area contributed by atoms with E-state index in [1.807, 2.05) is 31.2 Å². The van der Waals surface area contributed by atoms with Crippen LogP contribution >= 0.6 is 22.9 Å². The Hall–Kier alpha value is -5.09. The Morgan fingerprint density at radius 2 is 1.79 bits per heavy atom. The van der Waals surface area contributed by atoms with Crippen molar-refractivity contribution in [1.29, 1.82) is 0 Å². The molecule has 0 radical (unpaired) electrons. The highest BCUT2D eigenvalue weighted by atomic mass is 35.5. The van der Waals surface area contributed by atoms with Gasteiger partial charge in [0, 0.05) is 87.0 Å². The smallest absolute Gasteiger partial charge is 0.345 e. The van der Waals surface area contributed by atoms with E-state index in [-0.39, 0.29) is 30.8 Å². The van der Waals surface area contributed by atoms with Crippen molar-refractivity contribution in [2.75, 3.05) is 52.9 Å². The molecule has 322 valence electrons. The van der Waals surface area contributed by atoms with Gasteiger partial charge in [-0.05, 0) is 90.9 Å². The van der Waals surface area contributed by atoms with E-state index < -0.39 is 12.1 Å². The average molecular weight is 878 g/mol. The van der Waals surface area contributed by atoms with Gasteiger partial charge in [0.1, 0.15) is 35.4 Å². The summed E-state index contributed by atoms with van der Waals surface area (Å²) in [5.74, 6) is -0.216. The van der Waals surface area contributed by atoms with Crippen LogP contribution in [0.1, 0.15) is 59.1 Å². The molecule has 3 aromatic carbocycles. The summed E-state index contributed by atoms with van der Waals surface area (Å²) in [6.07, 6.45) is 4.56. The van der Waals surface area contributed by atoms with Crippen LogP contribution in [0, 0.1) is 12.7 Å². The molecule has 0 spiro atoms. The molecular weight excluding hydrogens is 829 g/mol. The Balaban J connectivity index is 1.13. The molecule has 10 rings (SSSR count). The second-order valence-corrected chi connectivity index (χ2v) is 17.8. The highest BCUT2D eigenvalue weighted by Gasteiger charge is 2.29. The third-order valence-electron chi connectivity index (χ3n) is 12.1. The minimum absolute atomic E-state index is 0.0147. The number of aromatic nitrogens is 4. The van der Waals surface area contributed by atoms with Gasteiger partial charge in [-0.25, -0.2) is 29.1 Å². The Kier molecular flexibility index (Phi) is 12.7. The third-order valence-corrected chi connectivity index (χ3v) is 13.7. The number of halogens is 2. The lowest BCUT2D eigenvalue weighted by Crippen LogP contribution is -2.46. The monoisotopic (exact) mass is 877 g/mol. The Morgan fingerprint density at radius 1 is 0.968 bits per heavy atom. The van der Waals surface area contributed by atoms with Crippen LogP contribution in [-0.4, -0.2) is 105 Å². The zero-order chi connectivity index (χ0) is 42.7. The van der Waals surface area contributed by atoms with Gasteiger partial charge in [-0.15, -0.1) is 11.3 Å². The van der Waals surface area contributed by atoms with Crippen LogP contribution in [0.2, 0.25) is 5.02 Å². The highest BCUT2D eigenvalue weighted by Crippen LogP contribution is 2.49. The number of carboxylic acids is 1. The van der Waals surface area contributed by atoms with Crippen LogP contribution in [0.25, 0.3) is 31.8 Å². The van der Waals surface area contributed by atoms with Gasteiger partial charge in [0.05, 0.1) is 11.1 Å². The summed E-state index contributed by atoms with van der Waals surface area (Å²) >= 11 is 8.78. The molecule has 7 heterocycles. The van der Waals surface area contributed by atoms with E-state index in [1.165, 1.54) is 29.8 Å². The Bertz CT molecular complexity index is 2560. The van der Waals surface area contributed by atoms with E-state index in [9.17, 15) is 14.3 Å². The fraction of sp³-hybridized carbons (Fsp3) is 0.383. The summed E-state index contributed by atoms with van der Waals surface area (Å²) in [7, 11) is 2.16. The third kappa shape index (κ3) is 9.31. The fourth-order valence-corrected chi connectivity index (χ4v) is 9.93. The number of carboxylic acid groups (broad SMARTS) is 1. The molecule has 12 nitrogen and oxygen atoms in total. The van der Waals surface area contributed by atoms with E-state index in [4.69, 9.17) is 30.8 Å². The van der Waals surface area contributed by atoms with Crippen molar-refractivity contribution in [2.45, 2.75) is 64.5 Å². The summed E-state index contributed by atoms with van der Waals surface area (Å²) in [6.45, 7) is 9.75. The topological polar surface area (TPSA) is 126 Å². The van der Waals surface area contributed by atoms with Gasteiger partial charge in [0.25, 0.3) is 0 Å². The molecule has 1 N–H and O–H groups in total. The van der Waals surface area contributed by atoms with Crippen LogP contribution in [0.15, 0.2) is 73.2 Å². The number of nitrogens with zero attached hydrogens (tertiary/aromatic N) is 7. The van der Waals surface area contributed by atoms with Crippen molar-refractivity contribution in [3.05, 3.63) is 118 Å². The van der Waals surface area contributed by atoms with Crippen molar-refractivity contribution in [3.63, 3.8) is 0 Å². The molecule has 3 aromatic heterocycles. The maximum atomic E-state index is 14.2. The van der Waals surface area contributed by atoms with Gasteiger partial charge in [0.2, 0.25) is 12.0 Å². The van der Waals surface area contributed by atoms with Gasteiger partial charge in [-0.1, -0.05) is 48.0 Å². The fourth-order valence-electron chi connectivity index (χ4n) is 8.55. The van der Waals surface area contributed by atoms with Gasteiger partial charge in [0.15, 0.2) is 5.82 Å². The van der Waals surface area contributed by atoms with Gasteiger partial charge in [-0.3, -0.25) is 9.80 Å². The lowest BCUT2D eigenvalue weighted by atomic mass is 9.94. The lowest BCUT2D eigenvalue weighted by Gasteiger charge is -2.34. The largest absolute Gasteiger partial charge is 0.487 e. The molecular formula is C47H49ClFN7O5S. The summed E-state index contributed by atoms with van der Waals surface area (Å²) in [5, 5.41) is 12.0. The summed E-state index contributed by atoms with van der Waals surface area (Å²) < 4.78 is 33.2. The van der Waals surface area contributed by atoms with E-state index in [1.54, 1.807) is 18.3 Å². The van der Waals surface area contributed by atoms with Crippen molar-refractivity contribution in [2.24, 2.45) is 0 Å². The number of likely N-dealkylation sites (N-methyl/N-ethyl adjacent to an activating group) is 1. The number of hydrogen-bond donors (Lipinski definition) is 1. The van der Waals surface area contributed by atoms with Crippen LogP contribution in [0.3, 0.4) is 0 Å². The number of rotatable bonds is 9. The molecule has 0 aliphatic carbocycles.